The summed E-state index contributed by atoms with van der Waals surface area (Å²) in [5, 5.41) is 1.20. The lowest BCUT2D eigenvalue weighted by atomic mass is 10.1. The van der Waals surface area contributed by atoms with Crippen molar-refractivity contribution in [1.82, 2.24) is 0 Å². The zero-order valence-electron chi connectivity index (χ0n) is 8.97. The van der Waals surface area contributed by atoms with Crippen molar-refractivity contribution in [2.75, 3.05) is 18.5 Å². The van der Waals surface area contributed by atoms with Gasteiger partial charge >= 0.3 is 0 Å². The van der Waals surface area contributed by atoms with Gasteiger partial charge in [0.2, 0.25) is 0 Å². The summed E-state index contributed by atoms with van der Waals surface area (Å²) >= 11 is 12.1. The van der Waals surface area contributed by atoms with Crippen molar-refractivity contribution in [3.8, 4) is 5.75 Å². The van der Waals surface area contributed by atoms with Crippen LogP contribution in [0.25, 0.3) is 0 Å². The lowest BCUT2D eigenvalue weighted by Crippen LogP contribution is -2.45. The van der Waals surface area contributed by atoms with Crippen LogP contribution in [-0.4, -0.2) is 19.2 Å². The highest BCUT2D eigenvalue weighted by atomic mass is 35.5. The largest absolute Gasteiger partial charge is 0.482 e. The molecule has 0 atom stereocenters. The van der Waals surface area contributed by atoms with E-state index in [4.69, 9.17) is 27.9 Å². The summed E-state index contributed by atoms with van der Waals surface area (Å²) < 4.78 is 5.84. The maximum absolute atomic E-state index is 6.10. The third kappa shape index (κ3) is 2.01. The van der Waals surface area contributed by atoms with Crippen LogP contribution in [0.5, 0.6) is 5.75 Å². The Morgan fingerprint density at radius 2 is 2.00 bits per heavy atom. The van der Waals surface area contributed by atoms with E-state index in [2.05, 4.69) is 4.90 Å². The van der Waals surface area contributed by atoms with E-state index in [0.717, 1.165) is 18.0 Å². The molecular weight excluding hydrogens is 233 g/mol. The SMILES string of the molecule is CN1CC(C)(C)Oc2c(Cl)cc(Cl)cc21. The maximum atomic E-state index is 6.10. The molecule has 1 aliphatic rings. The maximum Gasteiger partial charge on any atom is 0.162 e. The number of hydrogen-bond acceptors (Lipinski definition) is 2. The van der Waals surface area contributed by atoms with Crippen molar-refractivity contribution in [2.24, 2.45) is 0 Å². The van der Waals surface area contributed by atoms with Gasteiger partial charge in [0.15, 0.2) is 5.75 Å². The Hall–Kier alpha value is -0.600. The molecule has 82 valence electrons. The number of anilines is 1. The fraction of sp³-hybridized carbons (Fsp3) is 0.455. The van der Waals surface area contributed by atoms with E-state index in [9.17, 15) is 0 Å². The first-order valence-electron chi connectivity index (χ1n) is 4.78. The number of hydrogen-bond donors (Lipinski definition) is 0. The first-order valence-corrected chi connectivity index (χ1v) is 5.54. The Morgan fingerprint density at radius 3 is 2.67 bits per heavy atom. The average Bonchev–Trinajstić information content (AvgIpc) is 2.06. The third-order valence-electron chi connectivity index (χ3n) is 2.40. The Kier molecular flexibility index (Phi) is 2.52. The molecule has 0 amide bonds. The van der Waals surface area contributed by atoms with Gasteiger partial charge in [-0.25, -0.2) is 0 Å². The Bertz CT molecular complexity index is 404. The number of likely N-dealkylation sites (N-methyl/N-ethyl adjacent to an activating group) is 1. The molecule has 0 N–H and O–H groups in total. The standard InChI is InChI=1S/C11H13Cl2NO/c1-11(2)6-14(3)9-5-7(12)4-8(13)10(9)15-11/h4-5H,6H2,1-3H3. The van der Waals surface area contributed by atoms with Crippen molar-refractivity contribution in [3.63, 3.8) is 0 Å². The highest BCUT2D eigenvalue weighted by Crippen LogP contribution is 2.43. The molecule has 4 heteroatoms. The minimum atomic E-state index is -0.223. The van der Waals surface area contributed by atoms with E-state index >= 15 is 0 Å². The quantitative estimate of drug-likeness (QED) is 0.693. The fourth-order valence-electron chi connectivity index (χ4n) is 1.90. The van der Waals surface area contributed by atoms with Crippen LogP contribution in [0.1, 0.15) is 13.8 Å². The van der Waals surface area contributed by atoms with Crippen molar-refractivity contribution >= 4 is 28.9 Å². The molecule has 0 spiro atoms. The molecule has 15 heavy (non-hydrogen) atoms. The van der Waals surface area contributed by atoms with Crippen LogP contribution in [-0.2, 0) is 0 Å². The number of halogens is 2. The summed E-state index contributed by atoms with van der Waals surface area (Å²) in [5.41, 5.74) is 0.728. The monoisotopic (exact) mass is 245 g/mol. The van der Waals surface area contributed by atoms with Crippen LogP contribution in [0.15, 0.2) is 12.1 Å². The molecule has 0 saturated heterocycles. The normalized spacial score (nSPS) is 18.3. The smallest absolute Gasteiger partial charge is 0.162 e. The predicted octanol–water partition coefficient (Wildman–Crippen LogP) is 3.60. The van der Waals surface area contributed by atoms with Gasteiger partial charge in [-0.05, 0) is 26.0 Å². The van der Waals surface area contributed by atoms with Crippen LogP contribution < -0.4 is 9.64 Å². The molecule has 0 saturated carbocycles. The van der Waals surface area contributed by atoms with Gasteiger partial charge in [0.25, 0.3) is 0 Å². The molecule has 0 radical (unpaired) electrons. The lowest BCUT2D eigenvalue weighted by molar-refractivity contribution is 0.107. The van der Waals surface area contributed by atoms with Crippen molar-refractivity contribution in [2.45, 2.75) is 19.4 Å². The van der Waals surface area contributed by atoms with Gasteiger partial charge < -0.3 is 9.64 Å². The second kappa shape index (κ2) is 3.46. The first kappa shape index (κ1) is 10.9. The highest BCUT2D eigenvalue weighted by Gasteiger charge is 2.31. The van der Waals surface area contributed by atoms with Crippen LogP contribution >= 0.6 is 23.2 Å². The van der Waals surface area contributed by atoms with Gasteiger partial charge in [-0.1, -0.05) is 23.2 Å². The third-order valence-corrected chi connectivity index (χ3v) is 2.90. The summed E-state index contributed by atoms with van der Waals surface area (Å²) in [4.78, 5) is 2.11. The van der Waals surface area contributed by atoms with Gasteiger partial charge in [0, 0.05) is 12.1 Å². The van der Waals surface area contributed by atoms with E-state index in [0.29, 0.717) is 10.0 Å². The number of benzene rings is 1. The van der Waals surface area contributed by atoms with Crippen LogP contribution in [0.2, 0.25) is 10.0 Å². The minimum absolute atomic E-state index is 0.223. The lowest BCUT2D eigenvalue weighted by Gasteiger charge is -2.39. The molecule has 0 unspecified atom stereocenters. The Morgan fingerprint density at radius 1 is 1.33 bits per heavy atom. The average molecular weight is 246 g/mol. The van der Waals surface area contributed by atoms with Gasteiger partial charge in [0.05, 0.1) is 17.3 Å². The van der Waals surface area contributed by atoms with Crippen LogP contribution in [0.3, 0.4) is 0 Å². The Balaban J connectivity index is 2.55. The van der Waals surface area contributed by atoms with E-state index in [-0.39, 0.29) is 5.60 Å². The molecule has 0 aromatic heterocycles. The van der Waals surface area contributed by atoms with Crippen molar-refractivity contribution in [1.29, 1.82) is 0 Å². The highest BCUT2D eigenvalue weighted by molar-refractivity contribution is 6.36. The number of rotatable bonds is 0. The second-order valence-corrected chi connectivity index (χ2v) is 5.30. The predicted molar refractivity (Wildman–Crippen MR) is 64.4 cm³/mol. The van der Waals surface area contributed by atoms with Crippen LogP contribution in [0, 0.1) is 0 Å². The van der Waals surface area contributed by atoms with E-state index in [1.807, 2.05) is 27.0 Å². The molecule has 1 aromatic rings. The number of nitrogens with zero attached hydrogens (tertiary/aromatic N) is 1. The molecule has 2 rings (SSSR count). The second-order valence-electron chi connectivity index (χ2n) is 4.45. The number of fused-ring (bicyclic) bond motifs is 1. The molecule has 2 nitrogen and oxygen atoms in total. The van der Waals surface area contributed by atoms with Gasteiger partial charge in [0.1, 0.15) is 5.60 Å². The van der Waals surface area contributed by atoms with Gasteiger partial charge in [-0.3, -0.25) is 0 Å². The van der Waals surface area contributed by atoms with E-state index in [1.165, 1.54) is 0 Å². The zero-order valence-corrected chi connectivity index (χ0v) is 10.5. The van der Waals surface area contributed by atoms with Gasteiger partial charge in [-0.2, -0.15) is 0 Å². The molecule has 1 aromatic carbocycles. The zero-order chi connectivity index (χ0) is 11.2. The molecule has 0 fully saturated rings. The topological polar surface area (TPSA) is 12.5 Å². The first-order chi connectivity index (χ1) is 6.89. The van der Waals surface area contributed by atoms with Gasteiger partial charge in [-0.15, -0.1) is 0 Å². The summed E-state index contributed by atoms with van der Waals surface area (Å²) in [6.45, 7) is 4.89. The summed E-state index contributed by atoms with van der Waals surface area (Å²) in [6.07, 6.45) is 0. The van der Waals surface area contributed by atoms with E-state index < -0.39 is 0 Å². The summed E-state index contributed by atoms with van der Waals surface area (Å²) in [7, 11) is 2.01. The molecule has 0 bridgehead atoms. The molecule has 1 aliphatic heterocycles. The number of ether oxygens (including phenoxy) is 1. The summed E-state index contributed by atoms with van der Waals surface area (Å²) in [5.74, 6) is 0.722. The van der Waals surface area contributed by atoms with Crippen molar-refractivity contribution < 1.29 is 4.74 Å². The van der Waals surface area contributed by atoms with Crippen molar-refractivity contribution in [3.05, 3.63) is 22.2 Å². The Labute approximate surface area is 99.7 Å². The molecule has 0 aliphatic carbocycles. The summed E-state index contributed by atoms with van der Waals surface area (Å²) in [6, 6.07) is 3.58. The molecule has 1 heterocycles. The molecular formula is C11H13Cl2NO. The minimum Gasteiger partial charge on any atom is -0.482 e. The van der Waals surface area contributed by atoms with Crippen LogP contribution in [0.4, 0.5) is 5.69 Å². The van der Waals surface area contributed by atoms with E-state index in [1.54, 1.807) is 6.07 Å². The fourth-order valence-corrected chi connectivity index (χ4v) is 2.42.